The topological polar surface area (TPSA) is 68.3 Å². The lowest BCUT2D eigenvalue weighted by molar-refractivity contribution is 0.0980. The summed E-state index contributed by atoms with van der Waals surface area (Å²) < 4.78 is 5.43. The van der Waals surface area contributed by atoms with Crippen LogP contribution in [0.15, 0.2) is 51.9 Å². The fourth-order valence-electron chi connectivity index (χ4n) is 2.15. The number of methoxy groups -OCH3 is 1. The Morgan fingerprint density at radius 1 is 1.09 bits per heavy atom. The van der Waals surface area contributed by atoms with Crippen LogP contribution in [-0.4, -0.2) is 23.7 Å². The Morgan fingerprint density at radius 3 is 2.50 bits per heavy atom. The van der Waals surface area contributed by atoms with Crippen molar-refractivity contribution in [3.05, 3.63) is 63.1 Å². The molecule has 0 saturated carbocycles. The fourth-order valence-corrected chi connectivity index (χ4v) is 2.79. The molecule has 6 heteroatoms. The molecule has 0 bridgehead atoms. The quantitative estimate of drug-likeness (QED) is 0.793. The molecule has 110 valence electrons. The number of Topliss-reactive ketones (excluding diaryl/α,β-unsaturated/α-hetero) is 2. The highest BCUT2D eigenvalue weighted by Gasteiger charge is 2.32. The molecule has 0 saturated heterocycles. The minimum Gasteiger partial charge on any atom is -0.497 e. The number of benzene rings is 1. The monoisotopic (exact) mass is 406 g/mol. The molecule has 22 heavy (non-hydrogen) atoms. The van der Waals surface area contributed by atoms with Crippen LogP contribution in [0.1, 0.15) is 20.8 Å². The first-order valence-corrected chi connectivity index (χ1v) is 7.55. The van der Waals surface area contributed by atoms with Crippen LogP contribution < -0.4 is 10.1 Å². The van der Waals surface area contributed by atoms with E-state index in [1.54, 1.807) is 43.5 Å². The van der Waals surface area contributed by atoms with Gasteiger partial charge in [0.1, 0.15) is 17.1 Å². The van der Waals surface area contributed by atoms with Crippen molar-refractivity contribution >= 4 is 39.8 Å². The highest BCUT2D eigenvalue weighted by molar-refractivity contribution is 14.1. The third kappa shape index (κ3) is 2.50. The zero-order valence-electron chi connectivity index (χ0n) is 11.6. The molecule has 1 aliphatic rings. The molecule has 3 rings (SSSR count). The van der Waals surface area contributed by atoms with Gasteiger partial charge in [0.2, 0.25) is 11.6 Å². The molecular formula is C16H11IN2O3. The molecule has 0 fully saturated rings. The van der Waals surface area contributed by atoms with Gasteiger partial charge < -0.3 is 10.1 Å². The summed E-state index contributed by atoms with van der Waals surface area (Å²) >= 11 is 1.88. The minimum absolute atomic E-state index is 0.206. The molecule has 0 aliphatic heterocycles. The molecule has 1 aromatic heterocycles. The number of rotatable bonds is 3. The Kier molecular flexibility index (Phi) is 3.93. The lowest BCUT2D eigenvalue weighted by atomic mass is 9.97. The van der Waals surface area contributed by atoms with Crippen LogP contribution in [0.5, 0.6) is 5.75 Å². The van der Waals surface area contributed by atoms with E-state index in [4.69, 9.17) is 4.74 Å². The number of aromatic nitrogens is 1. The summed E-state index contributed by atoms with van der Waals surface area (Å²) in [5.74, 6) is 0.240. The Balaban J connectivity index is 1.97. The second-order valence-electron chi connectivity index (χ2n) is 4.60. The molecule has 1 aliphatic carbocycles. The van der Waals surface area contributed by atoms with Crippen molar-refractivity contribution < 1.29 is 14.3 Å². The number of allylic oxidation sites excluding steroid dienone is 2. The summed E-state index contributed by atoms with van der Waals surface area (Å²) in [5, 5.41) is 3.02. The number of hydrogen-bond donors (Lipinski definition) is 1. The number of carbonyl (C=O) groups is 2. The van der Waals surface area contributed by atoms with Gasteiger partial charge in [-0.25, -0.2) is 0 Å². The van der Waals surface area contributed by atoms with Crippen LogP contribution in [0.3, 0.4) is 0 Å². The largest absolute Gasteiger partial charge is 0.497 e. The first-order valence-electron chi connectivity index (χ1n) is 6.47. The van der Waals surface area contributed by atoms with Gasteiger partial charge in [0.25, 0.3) is 0 Å². The van der Waals surface area contributed by atoms with Crippen molar-refractivity contribution in [1.82, 2.24) is 4.98 Å². The molecule has 0 atom stereocenters. The average Bonchev–Trinajstić information content (AvgIpc) is 2.57. The van der Waals surface area contributed by atoms with Crippen molar-refractivity contribution in [3.63, 3.8) is 0 Å². The summed E-state index contributed by atoms with van der Waals surface area (Å²) in [5.41, 5.74) is 1.51. The van der Waals surface area contributed by atoms with Gasteiger partial charge in [-0.3, -0.25) is 14.6 Å². The van der Waals surface area contributed by atoms with Crippen LogP contribution in [0.25, 0.3) is 0 Å². The molecule has 5 nitrogen and oxygen atoms in total. The lowest BCUT2D eigenvalue weighted by Crippen LogP contribution is -2.25. The highest BCUT2D eigenvalue weighted by Crippen LogP contribution is 2.30. The smallest absolute Gasteiger partial charge is 0.220 e. The van der Waals surface area contributed by atoms with Crippen LogP contribution in [0.2, 0.25) is 0 Å². The van der Waals surface area contributed by atoms with E-state index in [1.165, 1.54) is 6.20 Å². The molecular weight excluding hydrogens is 395 g/mol. The van der Waals surface area contributed by atoms with Crippen molar-refractivity contribution in [2.75, 3.05) is 12.4 Å². The van der Waals surface area contributed by atoms with E-state index in [1.807, 2.05) is 22.6 Å². The van der Waals surface area contributed by atoms with Crippen LogP contribution >= 0.6 is 22.6 Å². The highest BCUT2D eigenvalue weighted by atomic mass is 127. The molecule has 1 aromatic carbocycles. The number of halogens is 1. The molecule has 0 amide bonds. The standard InChI is InChI=1S/C16H11IN2O3/c1-22-10-6-4-9(5-7-10)19-14-12(17)16(21)13-11(15(14)20)3-2-8-18-13/h2-8,19H,1H3. The fraction of sp³-hybridized carbons (Fsp3) is 0.0625. The summed E-state index contributed by atoms with van der Waals surface area (Å²) in [7, 11) is 1.58. The molecule has 0 radical (unpaired) electrons. The third-order valence-corrected chi connectivity index (χ3v) is 4.30. The van der Waals surface area contributed by atoms with Gasteiger partial charge in [-0.15, -0.1) is 0 Å². The van der Waals surface area contributed by atoms with E-state index in [0.717, 1.165) is 5.75 Å². The van der Waals surface area contributed by atoms with Crippen molar-refractivity contribution in [3.8, 4) is 5.75 Å². The maximum atomic E-state index is 12.6. The van der Waals surface area contributed by atoms with Gasteiger partial charge in [-0.1, -0.05) is 0 Å². The Morgan fingerprint density at radius 2 is 1.82 bits per heavy atom. The number of fused-ring (bicyclic) bond motifs is 1. The van der Waals surface area contributed by atoms with E-state index >= 15 is 0 Å². The predicted molar refractivity (Wildman–Crippen MR) is 90.6 cm³/mol. The van der Waals surface area contributed by atoms with E-state index in [0.29, 0.717) is 14.8 Å². The van der Waals surface area contributed by atoms with E-state index in [-0.39, 0.29) is 23.0 Å². The zero-order chi connectivity index (χ0) is 15.7. The van der Waals surface area contributed by atoms with E-state index in [9.17, 15) is 9.59 Å². The Labute approximate surface area is 140 Å². The van der Waals surface area contributed by atoms with E-state index < -0.39 is 0 Å². The molecule has 1 heterocycles. The number of hydrogen-bond acceptors (Lipinski definition) is 5. The number of pyridine rings is 1. The number of nitrogens with zero attached hydrogens (tertiary/aromatic N) is 1. The number of nitrogens with one attached hydrogen (secondary N) is 1. The molecule has 0 spiro atoms. The Bertz CT molecular complexity index is 797. The molecule has 0 unspecified atom stereocenters. The van der Waals surface area contributed by atoms with Crippen LogP contribution in [0.4, 0.5) is 5.69 Å². The molecule has 1 N–H and O–H groups in total. The van der Waals surface area contributed by atoms with Gasteiger partial charge in [0, 0.05) is 11.9 Å². The van der Waals surface area contributed by atoms with Gasteiger partial charge >= 0.3 is 0 Å². The van der Waals surface area contributed by atoms with Gasteiger partial charge in [-0.05, 0) is 59.0 Å². The number of carbonyl (C=O) groups excluding carboxylic acids is 2. The second-order valence-corrected chi connectivity index (χ2v) is 5.68. The lowest BCUT2D eigenvalue weighted by Gasteiger charge is -2.18. The third-order valence-electron chi connectivity index (χ3n) is 3.27. The number of ether oxygens (including phenoxy) is 1. The van der Waals surface area contributed by atoms with Crippen LogP contribution in [0, 0.1) is 0 Å². The van der Waals surface area contributed by atoms with Gasteiger partial charge in [0.05, 0.1) is 16.3 Å². The van der Waals surface area contributed by atoms with Crippen molar-refractivity contribution in [2.45, 2.75) is 0 Å². The maximum absolute atomic E-state index is 12.6. The predicted octanol–water partition coefficient (Wildman–Crippen LogP) is 3.23. The number of anilines is 1. The van der Waals surface area contributed by atoms with Crippen LogP contribution in [-0.2, 0) is 0 Å². The first-order chi connectivity index (χ1) is 10.6. The van der Waals surface area contributed by atoms with Gasteiger partial charge in [0.15, 0.2) is 0 Å². The summed E-state index contributed by atoms with van der Waals surface area (Å²) in [4.78, 5) is 28.9. The van der Waals surface area contributed by atoms with Crippen molar-refractivity contribution in [1.29, 1.82) is 0 Å². The van der Waals surface area contributed by atoms with Crippen molar-refractivity contribution in [2.24, 2.45) is 0 Å². The second kappa shape index (κ2) is 5.88. The first kappa shape index (κ1) is 14.7. The average molecular weight is 406 g/mol. The molecule has 2 aromatic rings. The minimum atomic E-state index is -0.244. The zero-order valence-corrected chi connectivity index (χ0v) is 13.7. The maximum Gasteiger partial charge on any atom is 0.220 e. The van der Waals surface area contributed by atoms with E-state index in [2.05, 4.69) is 10.3 Å². The summed E-state index contributed by atoms with van der Waals surface area (Å²) in [6.07, 6.45) is 1.51. The SMILES string of the molecule is COc1ccc(NC2=C(I)C(=O)c3ncccc3C2=O)cc1. The Hall–Kier alpha value is -2.22. The summed E-state index contributed by atoms with van der Waals surface area (Å²) in [6.45, 7) is 0. The normalized spacial score (nSPS) is 13.9. The number of ketones is 2. The summed E-state index contributed by atoms with van der Waals surface area (Å²) in [6, 6.07) is 10.4. The van der Waals surface area contributed by atoms with Gasteiger partial charge in [-0.2, -0.15) is 0 Å².